The van der Waals surface area contributed by atoms with Gasteiger partial charge in [0.15, 0.2) is 0 Å². The van der Waals surface area contributed by atoms with Gasteiger partial charge in [0.1, 0.15) is 5.75 Å². The Labute approximate surface area is 102 Å². The molecule has 0 aliphatic rings. The number of aromatic hydroxyl groups is 1. The molecule has 0 aliphatic carbocycles. The highest BCUT2D eigenvalue weighted by Crippen LogP contribution is 2.29. The molecule has 94 valence electrons. The molecule has 0 saturated carbocycles. The highest BCUT2D eigenvalue weighted by atomic mass is 16.3. The van der Waals surface area contributed by atoms with E-state index in [1.165, 1.54) is 0 Å². The number of carbonyl (C=O) groups excluding carboxylic acids is 1. The molecule has 1 amide bonds. The highest BCUT2D eigenvalue weighted by molar-refractivity contribution is 5.95. The number of benzene rings is 1. The third kappa shape index (κ3) is 2.77. The Balaban J connectivity index is 2.98. The summed E-state index contributed by atoms with van der Waals surface area (Å²) in [5, 5.41) is 12.6. The van der Waals surface area contributed by atoms with E-state index < -0.39 is 5.41 Å². The van der Waals surface area contributed by atoms with Crippen LogP contribution in [0.25, 0.3) is 0 Å². The topological polar surface area (TPSA) is 75.4 Å². The van der Waals surface area contributed by atoms with E-state index in [2.05, 4.69) is 5.32 Å². The van der Waals surface area contributed by atoms with Gasteiger partial charge in [-0.05, 0) is 39.3 Å². The Kier molecular flexibility index (Phi) is 3.78. The van der Waals surface area contributed by atoms with Crippen molar-refractivity contribution in [2.24, 2.45) is 11.1 Å². The summed E-state index contributed by atoms with van der Waals surface area (Å²) in [6.07, 6.45) is 0. The van der Waals surface area contributed by atoms with Gasteiger partial charge in [-0.25, -0.2) is 0 Å². The van der Waals surface area contributed by atoms with Crippen molar-refractivity contribution in [2.75, 3.05) is 11.9 Å². The summed E-state index contributed by atoms with van der Waals surface area (Å²) < 4.78 is 0. The van der Waals surface area contributed by atoms with Gasteiger partial charge in [-0.2, -0.15) is 0 Å². The molecule has 4 nitrogen and oxygen atoms in total. The average Bonchev–Trinajstić information content (AvgIpc) is 2.29. The number of carbonyl (C=O) groups is 1. The van der Waals surface area contributed by atoms with Crippen molar-refractivity contribution in [1.29, 1.82) is 0 Å². The SMILES string of the molecule is Cc1ccc(NC(=O)C(C)(C)CN)c(C)c1O. The molecule has 17 heavy (non-hydrogen) atoms. The minimum Gasteiger partial charge on any atom is -0.507 e. The third-order valence-electron chi connectivity index (χ3n) is 3.01. The van der Waals surface area contributed by atoms with Gasteiger partial charge < -0.3 is 16.2 Å². The van der Waals surface area contributed by atoms with Crippen LogP contribution in [0.5, 0.6) is 5.75 Å². The van der Waals surface area contributed by atoms with E-state index in [0.717, 1.165) is 5.56 Å². The minimum atomic E-state index is -0.618. The van der Waals surface area contributed by atoms with E-state index in [-0.39, 0.29) is 18.2 Å². The van der Waals surface area contributed by atoms with E-state index in [9.17, 15) is 9.90 Å². The molecule has 0 saturated heterocycles. The zero-order chi connectivity index (χ0) is 13.2. The molecule has 0 unspecified atom stereocenters. The fourth-order valence-corrected chi connectivity index (χ4v) is 1.36. The molecule has 0 radical (unpaired) electrons. The number of anilines is 1. The number of rotatable bonds is 3. The first-order valence-electron chi connectivity index (χ1n) is 5.60. The number of hydrogen-bond donors (Lipinski definition) is 3. The van der Waals surface area contributed by atoms with Crippen molar-refractivity contribution >= 4 is 11.6 Å². The standard InChI is InChI=1S/C13H20N2O2/c1-8-5-6-10(9(2)11(8)16)15-12(17)13(3,4)7-14/h5-6,16H,7,14H2,1-4H3,(H,15,17). The van der Waals surface area contributed by atoms with Crippen molar-refractivity contribution in [2.45, 2.75) is 27.7 Å². The summed E-state index contributed by atoms with van der Waals surface area (Å²) in [4.78, 5) is 11.9. The Morgan fingerprint density at radius 3 is 2.53 bits per heavy atom. The van der Waals surface area contributed by atoms with Crippen LogP contribution in [0.15, 0.2) is 12.1 Å². The number of phenols is 1. The van der Waals surface area contributed by atoms with Crippen molar-refractivity contribution in [3.05, 3.63) is 23.3 Å². The van der Waals surface area contributed by atoms with Gasteiger partial charge in [0.25, 0.3) is 0 Å². The van der Waals surface area contributed by atoms with Gasteiger partial charge in [-0.3, -0.25) is 4.79 Å². The molecule has 1 aromatic rings. The first-order valence-corrected chi connectivity index (χ1v) is 5.60. The second kappa shape index (κ2) is 4.75. The molecule has 0 fully saturated rings. The van der Waals surface area contributed by atoms with E-state index in [1.807, 2.05) is 6.92 Å². The zero-order valence-corrected chi connectivity index (χ0v) is 10.8. The zero-order valence-electron chi connectivity index (χ0n) is 10.8. The van der Waals surface area contributed by atoms with Crippen LogP contribution in [-0.4, -0.2) is 17.6 Å². The highest BCUT2D eigenvalue weighted by Gasteiger charge is 2.26. The first-order chi connectivity index (χ1) is 7.79. The Morgan fingerprint density at radius 2 is 2.00 bits per heavy atom. The quantitative estimate of drug-likeness (QED) is 0.750. The van der Waals surface area contributed by atoms with E-state index in [4.69, 9.17) is 5.73 Å². The van der Waals surface area contributed by atoms with Gasteiger partial charge >= 0.3 is 0 Å². The van der Waals surface area contributed by atoms with E-state index in [1.54, 1.807) is 32.9 Å². The van der Waals surface area contributed by atoms with Crippen molar-refractivity contribution in [3.8, 4) is 5.75 Å². The van der Waals surface area contributed by atoms with Gasteiger partial charge in [-0.15, -0.1) is 0 Å². The Bertz CT molecular complexity index is 439. The Morgan fingerprint density at radius 1 is 1.41 bits per heavy atom. The molecular formula is C13H20N2O2. The monoisotopic (exact) mass is 236 g/mol. The first kappa shape index (κ1) is 13.5. The molecule has 4 heteroatoms. The maximum Gasteiger partial charge on any atom is 0.231 e. The lowest BCUT2D eigenvalue weighted by Gasteiger charge is -2.22. The maximum atomic E-state index is 11.9. The molecule has 1 rings (SSSR count). The Hall–Kier alpha value is -1.55. The second-order valence-corrected chi connectivity index (χ2v) is 4.95. The molecule has 0 aromatic heterocycles. The van der Waals surface area contributed by atoms with Gasteiger partial charge in [0.2, 0.25) is 5.91 Å². The summed E-state index contributed by atoms with van der Waals surface area (Å²) in [5.41, 5.74) is 7.01. The summed E-state index contributed by atoms with van der Waals surface area (Å²) in [5.74, 6) is 0.0692. The number of hydrogen-bond acceptors (Lipinski definition) is 3. The van der Waals surface area contributed by atoms with Gasteiger partial charge in [0, 0.05) is 17.8 Å². The average molecular weight is 236 g/mol. The lowest BCUT2D eigenvalue weighted by Crippen LogP contribution is -2.37. The number of phenolic OH excluding ortho intramolecular Hbond substituents is 1. The van der Waals surface area contributed by atoms with Crippen LogP contribution >= 0.6 is 0 Å². The van der Waals surface area contributed by atoms with Crippen molar-refractivity contribution in [3.63, 3.8) is 0 Å². The molecule has 0 spiro atoms. The fraction of sp³-hybridized carbons (Fsp3) is 0.462. The number of aryl methyl sites for hydroxylation is 1. The second-order valence-electron chi connectivity index (χ2n) is 4.95. The summed E-state index contributed by atoms with van der Waals surface area (Å²) in [6.45, 7) is 7.43. The largest absolute Gasteiger partial charge is 0.507 e. The predicted octanol–water partition coefficient (Wildman–Crippen LogP) is 1.93. The molecule has 0 aliphatic heterocycles. The summed E-state index contributed by atoms with van der Waals surface area (Å²) >= 11 is 0. The van der Waals surface area contributed by atoms with Crippen molar-refractivity contribution in [1.82, 2.24) is 0 Å². The number of amides is 1. The predicted molar refractivity (Wildman–Crippen MR) is 69.0 cm³/mol. The number of nitrogens with two attached hydrogens (primary N) is 1. The van der Waals surface area contributed by atoms with Crippen LogP contribution in [0.3, 0.4) is 0 Å². The van der Waals surface area contributed by atoms with Crippen LogP contribution in [0.1, 0.15) is 25.0 Å². The van der Waals surface area contributed by atoms with Gasteiger partial charge in [0.05, 0.1) is 5.41 Å². The van der Waals surface area contributed by atoms with Crippen LogP contribution in [0, 0.1) is 19.3 Å². The minimum absolute atomic E-state index is 0.147. The molecule has 0 atom stereocenters. The van der Waals surface area contributed by atoms with Crippen molar-refractivity contribution < 1.29 is 9.90 Å². The number of nitrogens with one attached hydrogen (secondary N) is 1. The molecular weight excluding hydrogens is 216 g/mol. The van der Waals surface area contributed by atoms with E-state index >= 15 is 0 Å². The molecule has 0 heterocycles. The summed E-state index contributed by atoms with van der Waals surface area (Å²) in [6, 6.07) is 3.56. The lowest BCUT2D eigenvalue weighted by molar-refractivity contribution is -0.123. The van der Waals surface area contributed by atoms with Crippen LogP contribution in [-0.2, 0) is 4.79 Å². The molecule has 1 aromatic carbocycles. The molecule has 0 bridgehead atoms. The van der Waals surface area contributed by atoms with E-state index in [0.29, 0.717) is 11.3 Å². The van der Waals surface area contributed by atoms with Crippen LogP contribution < -0.4 is 11.1 Å². The summed E-state index contributed by atoms with van der Waals surface area (Å²) in [7, 11) is 0. The maximum absolute atomic E-state index is 11.9. The lowest BCUT2D eigenvalue weighted by atomic mass is 9.92. The smallest absolute Gasteiger partial charge is 0.231 e. The normalized spacial score (nSPS) is 11.4. The molecule has 4 N–H and O–H groups in total. The third-order valence-corrected chi connectivity index (χ3v) is 3.01. The van der Waals surface area contributed by atoms with Crippen LogP contribution in [0.2, 0.25) is 0 Å². The van der Waals surface area contributed by atoms with Crippen LogP contribution in [0.4, 0.5) is 5.69 Å². The van der Waals surface area contributed by atoms with Gasteiger partial charge in [-0.1, -0.05) is 6.07 Å². The fourth-order valence-electron chi connectivity index (χ4n) is 1.36.